The Kier molecular flexibility index (Phi) is 5.17. The molecule has 2 amide bonds. The van der Waals surface area contributed by atoms with E-state index in [0.29, 0.717) is 6.54 Å². The fraction of sp³-hybridized carbons (Fsp3) is 0.385. The summed E-state index contributed by atoms with van der Waals surface area (Å²) in [5.41, 5.74) is 0.744. The highest BCUT2D eigenvalue weighted by Crippen LogP contribution is 2.13. The third-order valence-corrected chi connectivity index (χ3v) is 2.52. The van der Waals surface area contributed by atoms with Gasteiger partial charge in [0.15, 0.2) is 0 Å². The molecule has 0 aromatic heterocycles. The summed E-state index contributed by atoms with van der Waals surface area (Å²) in [6, 6.07) is 8.85. The largest absolute Gasteiger partial charge is 0.480 e. The first-order chi connectivity index (χ1) is 8.56. The van der Waals surface area contributed by atoms with Gasteiger partial charge in [-0.15, -0.1) is 0 Å². The lowest BCUT2D eigenvalue weighted by Crippen LogP contribution is -2.44. The van der Waals surface area contributed by atoms with E-state index in [2.05, 4.69) is 0 Å². The molecule has 5 heteroatoms. The van der Waals surface area contributed by atoms with Gasteiger partial charge in [-0.3, -0.25) is 9.69 Å². The normalized spacial score (nSPS) is 9.89. The number of carboxylic acids is 1. The summed E-state index contributed by atoms with van der Waals surface area (Å²) in [7, 11) is 1.64. The van der Waals surface area contributed by atoms with Crippen LogP contribution in [0.2, 0.25) is 0 Å². The van der Waals surface area contributed by atoms with E-state index in [-0.39, 0.29) is 12.6 Å². The zero-order chi connectivity index (χ0) is 13.5. The number of rotatable bonds is 5. The number of anilines is 1. The van der Waals surface area contributed by atoms with E-state index in [1.165, 1.54) is 9.80 Å². The molecule has 1 rings (SSSR count). The number of hydrogen-bond donors (Lipinski definition) is 1. The molecule has 0 saturated carbocycles. The van der Waals surface area contributed by atoms with Crippen LogP contribution in [0.5, 0.6) is 0 Å². The molecule has 0 spiro atoms. The molecule has 0 atom stereocenters. The topological polar surface area (TPSA) is 60.9 Å². The summed E-state index contributed by atoms with van der Waals surface area (Å²) >= 11 is 0. The van der Waals surface area contributed by atoms with Crippen LogP contribution in [-0.4, -0.2) is 42.1 Å². The van der Waals surface area contributed by atoms with Gasteiger partial charge in [-0.05, 0) is 18.6 Å². The van der Waals surface area contributed by atoms with Crippen molar-refractivity contribution < 1.29 is 14.7 Å². The highest BCUT2D eigenvalue weighted by molar-refractivity contribution is 5.93. The van der Waals surface area contributed by atoms with E-state index in [1.54, 1.807) is 7.05 Å². The molecule has 0 bridgehead atoms. The van der Waals surface area contributed by atoms with Crippen molar-refractivity contribution in [1.82, 2.24) is 4.90 Å². The van der Waals surface area contributed by atoms with Crippen LogP contribution in [-0.2, 0) is 4.79 Å². The van der Waals surface area contributed by atoms with Crippen molar-refractivity contribution in [3.63, 3.8) is 0 Å². The summed E-state index contributed by atoms with van der Waals surface area (Å²) in [4.78, 5) is 25.7. The van der Waals surface area contributed by atoms with Crippen LogP contribution < -0.4 is 4.90 Å². The Bertz CT molecular complexity index is 406. The number of nitrogens with zero attached hydrogens (tertiary/aromatic N) is 2. The third kappa shape index (κ3) is 3.76. The molecule has 0 aliphatic heterocycles. The van der Waals surface area contributed by atoms with E-state index < -0.39 is 5.97 Å². The molecule has 0 radical (unpaired) electrons. The summed E-state index contributed by atoms with van der Waals surface area (Å²) in [6.07, 6.45) is 0.724. The molecular weight excluding hydrogens is 232 g/mol. The zero-order valence-electron chi connectivity index (χ0n) is 10.7. The maximum atomic E-state index is 12.2. The fourth-order valence-corrected chi connectivity index (χ4v) is 1.65. The standard InChI is InChI=1S/C13H18N2O3/c1-3-9-15(10-12(16)17)13(18)14(2)11-7-5-4-6-8-11/h4-8H,3,9-10H2,1-2H3,(H,16,17). The van der Waals surface area contributed by atoms with Crippen LogP contribution in [0.25, 0.3) is 0 Å². The fourth-order valence-electron chi connectivity index (χ4n) is 1.65. The van der Waals surface area contributed by atoms with Gasteiger partial charge >= 0.3 is 12.0 Å². The molecule has 18 heavy (non-hydrogen) atoms. The monoisotopic (exact) mass is 250 g/mol. The molecule has 1 aromatic rings. The van der Waals surface area contributed by atoms with Crippen molar-refractivity contribution in [2.24, 2.45) is 0 Å². The Labute approximate surface area is 107 Å². The van der Waals surface area contributed by atoms with Crippen LogP contribution in [0.3, 0.4) is 0 Å². The summed E-state index contributed by atoms with van der Waals surface area (Å²) in [6.45, 7) is 2.07. The van der Waals surface area contributed by atoms with Crippen molar-refractivity contribution in [2.75, 3.05) is 25.0 Å². The van der Waals surface area contributed by atoms with E-state index >= 15 is 0 Å². The lowest BCUT2D eigenvalue weighted by Gasteiger charge is -2.26. The molecule has 98 valence electrons. The SMILES string of the molecule is CCCN(CC(=O)O)C(=O)N(C)c1ccccc1. The second-order valence-corrected chi connectivity index (χ2v) is 3.99. The van der Waals surface area contributed by atoms with Gasteiger partial charge < -0.3 is 10.0 Å². The van der Waals surface area contributed by atoms with E-state index in [9.17, 15) is 9.59 Å². The van der Waals surface area contributed by atoms with Crippen LogP contribution >= 0.6 is 0 Å². The van der Waals surface area contributed by atoms with Gasteiger partial charge in [-0.1, -0.05) is 25.1 Å². The predicted octanol–water partition coefficient (Wildman–Crippen LogP) is 2.04. The molecular formula is C13H18N2O3. The number of aliphatic carboxylic acids is 1. The number of para-hydroxylation sites is 1. The quantitative estimate of drug-likeness (QED) is 0.869. The molecule has 1 aromatic carbocycles. The Hall–Kier alpha value is -2.04. The lowest BCUT2D eigenvalue weighted by molar-refractivity contribution is -0.137. The van der Waals surface area contributed by atoms with Gasteiger partial charge in [0.1, 0.15) is 6.54 Å². The van der Waals surface area contributed by atoms with Gasteiger partial charge in [0.2, 0.25) is 0 Å². The van der Waals surface area contributed by atoms with Gasteiger partial charge in [0.05, 0.1) is 0 Å². The number of carbonyl (C=O) groups excluding carboxylic acids is 1. The molecule has 0 saturated heterocycles. The Morgan fingerprint density at radius 1 is 1.22 bits per heavy atom. The molecule has 0 unspecified atom stereocenters. The maximum Gasteiger partial charge on any atom is 0.324 e. The molecule has 1 N–H and O–H groups in total. The molecule has 5 nitrogen and oxygen atoms in total. The highest BCUT2D eigenvalue weighted by Gasteiger charge is 2.20. The number of urea groups is 1. The third-order valence-electron chi connectivity index (χ3n) is 2.52. The second-order valence-electron chi connectivity index (χ2n) is 3.99. The minimum absolute atomic E-state index is 0.274. The summed E-state index contributed by atoms with van der Waals surface area (Å²) in [5.74, 6) is -1.00. The molecule has 0 fully saturated rings. The van der Waals surface area contributed by atoms with E-state index in [4.69, 9.17) is 5.11 Å². The van der Waals surface area contributed by atoms with Crippen molar-refractivity contribution in [3.8, 4) is 0 Å². The lowest BCUT2D eigenvalue weighted by atomic mass is 10.3. The van der Waals surface area contributed by atoms with Gasteiger partial charge in [-0.2, -0.15) is 0 Å². The molecule has 0 aliphatic carbocycles. The minimum atomic E-state index is -1.00. The Morgan fingerprint density at radius 2 is 1.83 bits per heavy atom. The van der Waals surface area contributed by atoms with Gasteiger partial charge in [-0.25, -0.2) is 4.79 Å². The van der Waals surface area contributed by atoms with Crippen LogP contribution in [0.4, 0.5) is 10.5 Å². The first-order valence-corrected chi connectivity index (χ1v) is 5.85. The van der Waals surface area contributed by atoms with Crippen molar-refractivity contribution in [1.29, 1.82) is 0 Å². The maximum absolute atomic E-state index is 12.2. The predicted molar refractivity (Wildman–Crippen MR) is 69.7 cm³/mol. The van der Waals surface area contributed by atoms with Gasteiger partial charge in [0, 0.05) is 19.3 Å². The van der Waals surface area contributed by atoms with Crippen LogP contribution in [0.15, 0.2) is 30.3 Å². The summed E-state index contributed by atoms with van der Waals surface area (Å²) < 4.78 is 0. The van der Waals surface area contributed by atoms with Crippen molar-refractivity contribution >= 4 is 17.7 Å². The highest BCUT2D eigenvalue weighted by atomic mass is 16.4. The minimum Gasteiger partial charge on any atom is -0.480 e. The molecule has 0 aliphatic rings. The van der Waals surface area contributed by atoms with E-state index in [0.717, 1.165) is 12.1 Å². The average Bonchev–Trinajstić information content (AvgIpc) is 2.37. The number of amides is 2. The average molecular weight is 250 g/mol. The molecule has 0 heterocycles. The number of carbonyl (C=O) groups is 2. The van der Waals surface area contributed by atoms with Gasteiger partial charge in [0.25, 0.3) is 0 Å². The van der Waals surface area contributed by atoms with Crippen molar-refractivity contribution in [3.05, 3.63) is 30.3 Å². The van der Waals surface area contributed by atoms with Crippen LogP contribution in [0, 0.1) is 0 Å². The smallest absolute Gasteiger partial charge is 0.324 e. The number of benzene rings is 1. The number of carboxylic acid groups (broad SMARTS) is 1. The zero-order valence-corrected chi connectivity index (χ0v) is 10.7. The summed E-state index contributed by atoms with van der Waals surface area (Å²) in [5, 5.41) is 8.80. The van der Waals surface area contributed by atoms with E-state index in [1.807, 2.05) is 37.3 Å². The van der Waals surface area contributed by atoms with Crippen molar-refractivity contribution in [2.45, 2.75) is 13.3 Å². The van der Waals surface area contributed by atoms with Crippen LogP contribution in [0.1, 0.15) is 13.3 Å². The number of hydrogen-bond acceptors (Lipinski definition) is 2. The first-order valence-electron chi connectivity index (χ1n) is 5.85. The second kappa shape index (κ2) is 6.64. The first kappa shape index (κ1) is 14.0. The Morgan fingerprint density at radius 3 is 2.33 bits per heavy atom. The Balaban J connectivity index is 2.79.